The highest BCUT2D eigenvalue weighted by atomic mass is 32.2. The number of piperidine rings is 1. The van der Waals surface area contributed by atoms with Crippen LogP contribution in [0.5, 0.6) is 5.75 Å². The van der Waals surface area contributed by atoms with E-state index in [1.807, 2.05) is 71.7 Å². The van der Waals surface area contributed by atoms with Gasteiger partial charge in [0.05, 0.1) is 4.58 Å². The zero-order valence-electron chi connectivity index (χ0n) is 17.9. The molecule has 6 heteroatoms. The molecule has 0 spiro atoms. The van der Waals surface area contributed by atoms with Gasteiger partial charge in [-0.1, -0.05) is 42.0 Å². The number of thioether (sulfide) groups is 2. The predicted molar refractivity (Wildman–Crippen MR) is 129 cm³/mol. The quantitative estimate of drug-likeness (QED) is 0.549. The van der Waals surface area contributed by atoms with Crippen molar-refractivity contribution < 1.29 is 14.3 Å². The lowest BCUT2D eigenvalue weighted by Gasteiger charge is -2.31. The second-order valence-corrected chi connectivity index (χ2v) is 10.9. The second kappa shape index (κ2) is 10.6. The summed E-state index contributed by atoms with van der Waals surface area (Å²) in [6.45, 7) is 3.28. The molecule has 2 heterocycles. The smallest absolute Gasteiger partial charge is 0.260 e. The molecule has 0 radical (unpaired) electrons. The van der Waals surface area contributed by atoms with E-state index in [1.54, 1.807) is 0 Å². The summed E-state index contributed by atoms with van der Waals surface area (Å²) in [5.74, 6) is 3.35. The second-order valence-electron chi connectivity index (χ2n) is 8.17. The molecule has 4 rings (SSSR count). The Balaban J connectivity index is 1.23. The van der Waals surface area contributed by atoms with E-state index in [0.717, 1.165) is 16.9 Å². The van der Waals surface area contributed by atoms with Crippen molar-refractivity contribution in [3.8, 4) is 5.75 Å². The molecule has 2 aliphatic rings. The van der Waals surface area contributed by atoms with E-state index in [1.165, 1.54) is 23.5 Å². The van der Waals surface area contributed by atoms with E-state index >= 15 is 0 Å². The van der Waals surface area contributed by atoms with Gasteiger partial charge in [-0.15, -0.1) is 23.5 Å². The topological polar surface area (TPSA) is 46.6 Å². The first-order valence-electron chi connectivity index (χ1n) is 10.9. The molecule has 1 amide bonds. The van der Waals surface area contributed by atoms with Gasteiger partial charge < -0.3 is 9.64 Å². The summed E-state index contributed by atoms with van der Waals surface area (Å²) in [5, 5.41) is 0. The monoisotopic (exact) mass is 455 g/mol. The molecule has 0 saturated carbocycles. The van der Waals surface area contributed by atoms with Gasteiger partial charge in [0.15, 0.2) is 12.4 Å². The Labute approximate surface area is 193 Å². The Morgan fingerprint density at radius 3 is 2.26 bits per heavy atom. The number of carbonyl (C=O) groups is 2. The highest BCUT2D eigenvalue weighted by molar-refractivity contribution is 8.16. The summed E-state index contributed by atoms with van der Waals surface area (Å²) in [6.07, 6.45) is 2.71. The third kappa shape index (κ3) is 5.86. The fraction of sp³-hybridized carbons (Fsp3) is 0.440. The average molecular weight is 456 g/mol. The number of likely N-dealkylation sites (tertiary alicyclic amines) is 1. The Hall–Kier alpha value is -1.92. The number of carbonyl (C=O) groups excluding carboxylic acids is 2. The van der Waals surface area contributed by atoms with Crippen LogP contribution in [0.2, 0.25) is 0 Å². The average Bonchev–Trinajstić information content (AvgIpc) is 2.83. The third-order valence-electron chi connectivity index (χ3n) is 5.90. The van der Waals surface area contributed by atoms with Crippen LogP contribution in [-0.2, 0) is 4.79 Å². The van der Waals surface area contributed by atoms with Crippen LogP contribution in [0.15, 0.2) is 48.5 Å². The standard InChI is InChI=1S/C25H29NO3S2/c1-18-3-5-19(6-4-18)24(28)20-11-13-26(14-12-20)23(27)17-29-22-9-7-21(8-10-22)25-30-15-2-16-31-25/h3-10,20,25H,2,11-17H2,1H3. The minimum atomic E-state index is -0.0105. The first-order chi connectivity index (χ1) is 15.1. The lowest BCUT2D eigenvalue weighted by atomic mass is 9.88. The summed E-state index contributed by atoms with van der Waals surface area (Å²) >= 11 is 4.00. The molecule has 164 valence electrons. The van der Waals surface area contributed by atoms with E-state index in [2.05, 4.69) is 12.1 Å². The van der Waals surface area contributed by atoms with E-state index < -0.39 is 0 Å². The number of amides is 1. The molecule has 2 aromatic rings. The summed E-state index contributed by atoms with van der Waals surface area (Å²) in [6, 6.07) is 15.9. The van der Waals surface area contributed by atoms with Crippen molar-refractivity contribution in [1.29, 1.82) is 0 Å². The molecule has 0 N–H and O–H groups in total. The van der Waals surface area contributed by atoms with Gasteiger partial charge in [0.25, 0.3) is 5.91 Å². The molecular formula is C25H29NO3S2. The lowest BCUT2D eigenvalue weighted by molar-refractivity contribution is -0.134. The van der Waals surface area contributed by atoms with Crippen molar-refractivity contribution in [1.82, 2.24) is 4.90 Å². The predicted octanol–water partition coefficient (Wildman–Crippen LogP) is 5.36. The minimum Gasteiger partial charge on any atom is -0.484 e. The van der Waals surface area contributed by atoms with Crippen LogP contribution < -0.4 is 4.74 Å². The summed E-state index contributed by atoms with van der Waals surface area (Å²) in [7, 11) is 0. The molecule has 4 nitrogen and oxygen atoms in total. The van der Waals surface area contributed by atoms with Crippen molar-refractivity contribution >= 4 is 35.2 Å². The van der Waals surface area contributed by atoms with Crippen LogP contribution in [0.1, 0.15) is 45.3 Å². The van der Waals surface area contributed by atoms with E-state index in [4.69, 9.17) is 4.74 Å². The highest BCUT2D eigenvalue weighted by Gasteiger charge is 2.28. The van der Waals surface area contributed by atoms with Crippen LogP contribution >= 0.6 is 23.5 Å². The largest absolute Gasteiger partial charge is 0.484 e. The molecule has 0 aliphatic carbocycles. The van der Waals surface area contributed by atoms with E-state index in [9.17, 15) is 9.59 Å². The molecule has 0 bridgehead atoms. The molecule has 2 fully saturated rings. The number of rotatable bonds is 6. The Bertz CT molecular complexity index is 884. The van der Waals surface area contributed by atoms with Crippen LogP contribution in [0.4, 0.5) is 0 Å². The Kier molecular flexibility index (Phi) is 7.62. The number of aryl methyl sites for hydroxylation is 1. The molecule has 0 aromatic heterocycles. The van der Waals surface area contributed by atoms with Crippen LogP contribution in [0, 0.1) is 12.8 Å². The Morgan fingerprint density at radius 2 is 1.61 bits per heavy atom. The van der Waals surface area contributed by atoms with Gasteiger partial charge in [-0.3, -0.25) is 9.59 Å². The van der Waals surface area contributed by atoms with Crippen molar-refractivity contribution in [2.45, 2.75) is 30.8 Å². The summed E-state index contributed by atoms with van der Waals surface area (Å²) < 4.78 is 6.25. The van der Waals surface area contributed by atoms with Gasteiger partial charge in [-0.2, -0.15) is 0 Å². The first kappa shape index (κ1) is 22.3. The molecular weight excluding hydrogens is 426 g/mol. The zero-order chi connectivity index (χ0) is 21.6. The number of ketones is 1. The van der Waals surface area contributed by atoms with Gasteiger partial charge in [0.2, 0.25) is 0 Å². The number of hydrogen-bond acceptors (Lipinski definition) is 5. The van der Waals surface area contributed by atoms with Crippen molar-refractivity contribution in [2.75, 3.05) is 31.2 Å². The van der Waals surface area contributed by atoms with Crippen LogP contribution in [0.25, 0.3) is 0 Å². The molecule has 2 aliphatic heterocycles. The van der Waals surface area contributed by atoms with Gasteiger partial charge in [0, 0.05) is 24.6 Å². The third-order valence-corrected chi connectivity index (χ3v) is 8.91. The summed E-state index contributed by atoms with van der Waals surface area (Å²) in [5.41, 5.74) is 3.24. The van der Waals surface area contributed by atoms with E-state index in [-0.39, 0.29) is 24.2 Å². The minimum absolute atomic E-state index is 0.00394. The van der Waals surface area contributed by atoms with Crippen LogP contribution in [-0.4, -0.2) is 47.8 Å². The van der Waals surface area contributed by atoms with Crippen molar-refractivity contribution in [3.05, 3.63) is 65.2 Å². The SMILES string of the molecule is Cc1ccc(C(=O)C2CCN(C(=O)COc3ccc(C4SCCCS4)cc3)CC2)cc1. The number of nitrogens with zero attached hydrogens (tertiary/aromatic N) is 1. The number of ether oxygens (including phenoxy) is 1. The fourth-order valence-electron chi connectivity index (χ4n) is 3.98. The number of hydrogen-bond donors (Lipinski definition) is 0. The molecule has 0 unspecified atom stereocenters. The lowest BCUT2D eigenvalue weighted by Crippen LogP contribution is -2.42. The zero-order valence-corrected chi connectivity index (χ0v) is 19.6. The fourth-order valence-corrected chi connectivity index (χ4v) is 6.88. The van der Waals surface area contributed by atoms with Gasteiger partial charge in [-0.05, 0) is 55.4 Å². The van der Waals surface area contributed by atoms with E-state index in [0.29, 0.717) is 30.5 Å². The molecule has 2 saturated heterocycles. The first-order valence-corrected chi connectivity index (χ1v) is 13.0. The molecule has 2 aromatic carbocycles. The van der Waals surface area contributed by atoms with Gasteiger partial charge in [-0.25, -0.2) is 0 Å². The molecule has 31 heavy (non-hydrogen) atoms. The maximum Gasteiger partial charge on any atom is 0.260 e. The van der Waals surface area contributed by atoms with Crippen LogP contribution in [0.3, 0.4) is 0 Å². The Morgan fingerprint density at radius 1 is 0.968 bits per heavy atom. The number of Topliss-reactive ketones (excluding diaryl/α,β-unsaturated/α-hetero) is 1. The highest BCUT2D eigenvalue weighted by Crippen LogP contribution is 2.43. The maximum absolute atomic E-state index is 12.7. The normalized spacial score (nSPS) is 18.0. The summed E-state index contributed by atoms with van der Waals surface area (Å²) in [4.78, 5) is 27.1. The number of benzene rings is 2. The van der Waals surface area contributed by atoms with Gasteiger partial charge in [0.1, 0.15) is 5.75 Å². The van der Waals surface area contributed by atoms with Crippen molar-refractivity contribution in [3.63, 3.8) is 0 Å². The molecule has 0 atom stereocenters. The van der Waals surface area contributed by atoms with Gasteiger partial charge >= 0.3 is 0 Å². The van der Waals surface area contributed by atoms with Crippen molar-refractivity contribution in [2.24, 2.45) is 5.92 Å². The maximum atomic E-state index is 12.7.